The van der Waals surface area contributed by atoms with Crippen LogP contribution in [0.4, 0.5) is 17.6 Å². The molecular formula is C21H16F4N2O3. The number of ether oxygens (including phenoxy) is 1. The highest BCUT2D eigenvalue weighted by Gasteiger charge is 2.37. The predicted molar refractivity (Wildman–Crippen MR) is 101 cm³/mol. The summed E-state index contributed by atoms with van der Waals surface area (Å²) >= 11 is 0. The van der Waals surface area contributed by atoms with E-state index in [4.69, 9.17) is 0 Å². The molecule has 0 aliphatic carbocycles. The molecule has 0 amide bonds. The molecule has 0 atom stereocenters. The Morgan fingerprint density at radius 1 is 0.933 bits per heavy atom. The Kier molecular flexibility index (Phi) is 4.37. The average molecular weight is 420 g/mol. The molecule has 0 bridgehead atoms. The van der Waals surface area contributed by atoms with E-state index in [0.29, 0.717) is 16.8 Å². The van der Waals surface area contributed by atoms with Crippen molar-refractivity contribution in [3.63, 3.8) is 0 Å². The van der Waals surface area contributed by atoms with E-state index < -0.39 is 46.2 Å². The summed E-state index contributed by atoms with van der Waals surface area (Å²) in [5.74, 6) is -8.84. The molecule has 2 aromatic heterocycles. The summed E-state index contributed by atoms with van der Waals surface area (Å²) in [6, 6.07) is 3.11. The Morgan fingerprint density at radius 3 is 2.10 bits per heavy atom. The van der Waals surface area contributed by atoms with Crippen molar-refractivity contribution in [2.24, 2.45) is 0 Å². The first kappa shape index (κ1) is 19.9. The number of nitrogens with zero attached hydrogens (tertiary/aromatic N) is 2. The van der Waals surface area contributed by atoms with Crippen LogP contribution < -0.4 is 10.4 Å². The number of benzene rings is 1. The number of carbonyl (C=O) groups excluding carboxylic acids is 1. The van der Waals surface area contributed by atoms with Crippen LogP contribution in [0.1, 0.15) is 41.2 Å². The smallest absolute Gasteiger partial charge is 0.340 e. The Morgan fingerprint density at radius 2 is 1.53 bits per heavy atom. The molecule has 1 aromatic carbocycles. The second-order valence-electron chi connectivity index (χ2n) is 7.04. The van der Waals surface area contributed by atoms with Crippen molar-refractivity contribution in [2.75, 3.05) is 6.61 Å². The van der Waals surface area contributed by atoms with Gasteiger partial charge in [0.15, 0.2) is 17.4 Å². The van der Waals surface area contributed by atoms with Crippen molar-refractivity contribution in [2.45, 2.75) is 27.7 Å². The van der Waals surface area contributed by atoms with E-state index in [2.05, 4.69) is 4.74 Å². The fourth-order valence-corrected chi connectivity index (χ4v) is 3.91. The second kappa shape index (κ2) is 6.58. The monoisotopic (exact) mass is 420 g/mol. The van der Waals surface area contributed by atoms with Gasteiger partial charge in [0, 0.05) is 16.8 Å². The van der Waals surface area contributed by atoms with E-state index in [1.165, 1.54) is 24.3 Å². The molecule has 0 fully saturated rings. The van der Waals surface area contributed by atoms with Gasteiger partial charge < -0.3 is 4.74 Å². The Labute approximate surface area is 167 Å². The predicted octanol–water partition coefficient (Wildman–Crippen LogP) is 4.15. The third-order valence-corrected chi connectivity index (χ3v) is 5.24. The molecule has 4 rings (SSSR count). The normalized spacial score (nSPS) is 13.5. The van der Waals surface area contributed by atoms with Gasteiger partial charge in [-0.2, -0.15) is 8.78 Å². The quantitative estimate of drug-likeness (QED) is 0.473. The van der Waals surface area contributed by atoms with E-state index in [1.54, 1.807) is 19.9 Å². The molecular weight excluding hydrogens is 404 g/mol. The number of halogens is 4. The lowest BCUT2D eigenvalue weighted by molar-refractivity contribution is 0.0955. The molecule has 0 N–H and O–H groups in total. The molecule has 3 heterocycles. The maximum Gasteiger partial charge on any atom is 0.340 e. The van der Waals surface area contributed by atoms with Crippen LogP contribution in [0.25, 0.3) is 11.1 Å². The highest BCUT2D eigenvalue weighted by atomic mass is 19.2. The third-order valence-electron chi connectivity index (χ3n) is 5.24. The van der Waals surface area contributed by atoms with E-state index in [0.717, 1.165) is 4.57 Å². The zero-order chi connectivity index (χ0) is 22.1. The van der Waals surface area contributed by atoms with Crippen LogP contribution in [-0.2, 0) is 0 Å². The zero-order valence-corrected chi connectivity index (χ0v) is 16.5. The lowest BCUT2D eigenvalue weighted by Crippen LogP contribution is -2.31. The molecule has 1 aliphatic rings. The van der Waals surface area contributed by atoms with E-state index in [-0.39, 0.29) is 23.4 Å². The third kappa shape index (κ3) is 2.41. The number of carbonyl (C=O) groups is 1. The Hall–Kier alpha value is -3.36. The number of hydrogen-bond acceptors (Lipinski definition) is 3. The number of rotatable bonds is 3. The highest BCUT2D eigenvalue weighted by molar-refractivity contribution is 6.11. The standard InChI is InChI=1S/C21H16F4N2O3/c1-5-30-19-17(24)15(22)14(16(23)18(19)25)13-10(4)20(28)27-12(13)7-11-8(2)6-9(3)26(11)21(27)29/h6-7H,5H2,1-4H3. The van der Waals surface area contributed by atoms with Gasteiger partial charge >= 0.3 is 5.69 Å². The molecule has 156 valence electrons. The van der Waals surface area contributed by atoms with Crippen LogP contribution >= 0.6 is 0 Å². The molecule has 0 saturated heterocycles. The molecule has 0 spiro atoms. The van der Waals surface area contributed by atoms with Gasteiger partial charge in [-0.15, -0.1) is 0 Å². The number of hydrogen-bond donors (Lipinski definition) is 0. The molecule has 0 saturated carbocycles. The SMILES string of the molecule is CCOc1c(F)c(F)c(C2=C(C)C(=O)n3c2cc2c(C)cc(C)n2c3=O)c(F)c1F. The maximum absolute atomic E-state index is 14.9. The lowest BCUT2D eigenvalue weighted by atomic mass is 9.97. The van der Waals surface area contributed by atoms with Crippen molar-refractivity contribution in [3.8, 4) is 5.75 Å². The number of allylic oxidation sites excluding steroid dienone is 1. The fraction of sp³-hybridized carbons (Fsp3) is 0.238. The van der Waals surface area contributed by atoms with Crippen LogP contribution in [0.2, 0.25) is 0 Å². The van der Waals surface area contributed by atoms with Crippen molar-refractivity contribution in [1.82, 2.24) is 8.97 Å². The number of fused-ring (bicyclic) bond motifs is 2. The minimum absolute atomic E-state index is 0.142. The molecule has 5 nitrogen and oxygen atoms in total. The van der Waals surface area contributed by atoms with E-state index >= 15 is 0 Å². The highest BCUT2D eigenvalue weighted by Crippen LogP contribution is 2.40. The molecule has 3 aromatic rings. The fourth-order valence-electron chi connectivity index (χ4n) is 3.91. The minimum atomic E-state index is -1.71. The largest absolute Gasteiger partial charge is 0.488 e. The maximum atomic E-state index is 14.9. The van der Waals surface area contributed by atoms with Crippen molar-refractivity contribution in [1.29, 1.82) is 0 Å². The molecule has 1 aliphatic heterocycles. The van der Waals surface area contributed by atoms with Gasteiger partial charge in [0.05, 0.1) is 23.4 Å². The summed E-state index contributed by atoms with van der Waals surface area (Å²) in [6.45, 7) is 5.83. The van der Waals surface area contributed by atoms with Gasteiger partial charge in [0.2, 0.25) is 11.6 Å². The van der Waals surface area contributed by atoms with Crippen molar-refractivity contribution < 1.29 is 27.1 Å². The summed E-state index contributed by atoms with van der Waals surface area (Å²) in [5, 5.41) is 0. The first-order chi connectivity index (χ1) is 14.1. The minimum Gasteiger partial charge on any atom is -0.488 e. The lowest BCUT2D eigenvalue weighted by Gasteiger charge is -2.14. The van der Waals surface area contributed by atoms with E-state index in [9.17, 15) is 27.2 Å². The topological polar surface area (TPSA) is 52.7 Å². The Bertz CT molecular complexity index is 1340. The van der Waals surface area contributed by atoms with Gasteiger partial charge in [0.25, 0.3) is 5.91 Å². The zero-order valence-electron chi connectivity index (χ0n) is 16.5. The molecule has 0 unspecified atom stereocenters. The van der Waals surface area contributed by atoms with Crippen LogP contribution in [0.15, 0.2) is 22.5 Å². The van der Waals surface area contributed by atoms with Gasteiger partial charge in [-0.3, -0.25) is 9.20 Å². The first-order valence-electron chi connectivity index (χ1n) is 9.11. The van der Waals surface area contributed by atoms with Gasteiger partial charge in [-0.1, -0.05) is 0 Å². The van der Waals surface area contributed by atoms with Gasteiger partial charge in [-0.05, 0) is 45.4 Å². The summed E-state index contributed by atoms with van der Waals surface area (Å²) in [7, 11) is 0. The molecule has 30 heavy (non-hydrogen) atoms. The van der Waals surface area contributed by atoms with Crippen LogP contribution in [0.3, 0.4) is 0 Å². The average Bonchev–Trinajstić information content (AvgIpc) is 3.12. The summed E-state index contributed by atoms with van der Waals surface area (Å²) < 4.78 is 65.4. The van der Waals surface area contributed by atoms with Crippen molar-refractivity contribution in [3.05, 3.63) is 74.0 Å². The first-order valence-corrected chi connectivity index (χ1v) is 9.11. The van der Waals surface area contributed by atoms with Crippen LogP contribution in [0.5, 0.6) is 5.75 Å². The van der Waals surface area contributed by atoms with Crippen LogP contribution in [0, 0.1) is 37.1 Å². The molecule has 9 heteroatoms. The van der Waals surface area contributed by atoms with Gasteiger partial charge in [-0.25, -0.2) is 18.1 Å². The second-order valence-corrected chi connectivity index (χ2v) is 7.04. The summed E-state index contributed by atoms with van der Waals surface area (Å²) in [6.07, 6.45) is 0. The summed E-state index contributed by atoms with van der Waals surface area (Å²) in [4.78, 5) is 25.7. The number of aryl methyl sites for hydroxylation is 2. The van der Waals surface area contributed by atoms with E-state index in [1.807, 2.05) is 0 Å². The number of aromatic nitrogens is 2. The summed E-state index contributed by atoms with van der Waals surface area (Å²) in [5.41, 5.74) is -0.861. The van der Waals surface area contributed by atoms with Crippen molar-refractivity contribution >= 4 is 17.0 Å². The van der Waals surface area contributed by atoms with Gasteiger partial charge in [0.1, 0.15) is 0 Å². The molecule has 0 radical (unpaired) electrons. The Balaban J connectivity index is 2.11. The van der Waals surface area contributed by atoms with Crippen LogP contribution in [-0.4, -0.2) is 21.5 Å².